The minimum atomic E-state index is -1.08. The number of ketones is 1. The fraction of sp³-hybridized carbons (Fsp3) is 0.158. The van der Waals surface area contributed by atoms with Crippen molar-refractivity contribution in [1.29, 1.82) is 5.26 Å². The molecule has 0 bridgehead atoms. The fourth-order valence-corrected chi connectivity index (χ4v) is 3.62. The van der Waals surface area contributed by atoms with Crippen LogP contribution in [-0.4, -0.2) is 26.6 Å². The summed E-state index contributed by atoms with van der Waals surface area (Å²) in [7, 11) is 0. The molecule has 7 heteroatoms. The van der Waals surface area contributed by atoms with Gasteiger partial charge in [-0.25, -0.2) is 8.91 Å². The zero-order valence-electron chi connectivity index (χ0n) is 13.9. The van der Waals surface area contributed by atoms with Crippen molar-refractivity contribution < 1.29 is 9.18 Å². The lowest BCUT2D eigenvalue weighted by atomic mass is 9.84. The molecule has 0 radical (unpaired) electrons. The van der Waals surface area contributed by atoms with Crippen LogP contribution in [0.4, 0.5) is 4.39 Å². The molecular formula is C19H12BrFN4O. The maximum absolute atomic E-state index is 14.4. The summed E-state index contributed by atoms with van der Waals surface area (Å²) in [5.74, 6) is -0.906. The summed E-state index contributed by atoms with van der Waals surface area (Å²) in [6.07, 6.45) is 1.57. The molecule has 0 aliphatic carbocycles. The molecule has 3 heterocycles. The van der Waals surface area contributed by atoms with E-state index in [9.17, 15) is 14.4 Å². The summed E-state index contributed by atoms with van der Waals surface area (Å²) in [5.41, 5.74) is 1.66. The van der Waals surface area contributed by atoms with Crippen LogP contribution in [0.25, 0.3) is 5.52 Å². The summed E-state index contributed by atoms with van der Waals surface area (Å²) in [4.78, 5) is 17.2. The van der Waals surface area contributed by atoms with E-state index in [-0.39, 0.29) is 11.3 Å². The quantitative estimate of drug-likeness (QED) is 0.610. The Morgan fingerprint density at radius 2 is 2.08 bits per heavy atom. The number of carbonyl (C=O) groups is 1. The van der Waals surface area contributed by atoms with Crippen molar-refractivity contribution >= 4 is 32.9 Å². The van der Waals surface area contributed by atoms with Gasteiger partial charge in [-0.3, -0.25) is 9.79 Å². The largest absolute Gasteiger partial charge is 0.291 e. The van der Waals surface area contributed by atoms with Crippen molar-refractivity contribution in [1.82, 2.24) is 9.61 Å². The lowest BCUT2D eigenvalue weighted by Crippen LogP contribution is -2.37. The Morgan fingerprint density at radius 1 is 1.31 bits per heavy atom. The van der Waals surface area contributed by atoms with Gasteiger partial charge in [0, 0.05) is 15.6 Å². The summed E-state index contributed by atoms with van der Waals surface area (Å²) in [6.45, 7) is 3.33. The van der Waals surface area contributed by atoms with Gasteiger partial charge in [0.15, 0.2) is 5.78 Å². The van der Waals surface area contributed by atoms with Gasteiger partial charge in [-0.05, 0) is 48.0 Å². The molecule has 0 spiro atoms. The Morgan fingerprint density at radius 3 is 2.81 bits per heavy atom. The molecule has 128 valence electrons. The summed E-state index contributed by atoms with van der Waals surface area (Å²) >= 11 is 3.43. The third kappa shape index (κ3) is 2.30. The number of benzene rings is 1. The number of nitrogens with zero attached hydrogens (tertiary/aromatic N) is 4. The van der Waals surface area contributed by atoms with Crippen LogP contribution in [0.5, 0.6) is 0 Å². The van der Waals surface area contributed by atoms with Gasteiger partial charge in [-0.2, -0.15) is 10.4 Å². The smallest absolute Gasteiger partial charge is 0.193 e. The molecule has 0 saturated carbocycles. The number of Topliss-reactive ketones (excluding diaryl/α,β-unsaturated/α-hetero) is 1. The Bertz CT molecular complexity index is 1170. The van der Waals surface area contributed by atoms with Crippen LogP contribution in [-0.2, 0) is 0 Å². The third-order valence-corrected chi connectivity index (χ3v) is 5.03. The second-order valence-corrected chi connectivity index (χ2v) is 7.40. The highest BCUT2D eigenvalue weighted by molar-refractivity contribution is 9.10. The Kier molecular flexibility index (Phi) is 3.56. The number of nitriles is 1. The molecule has 0 amide bonds. The maximum atomic E-state index is 14.4. The van der Waals surface area contributed by atoms with Gasteiger partial charge in [0.1, 0.15) is 23.1 Å². The summed E-state index contributed by atoms with van der Waals surface area (Å²) in [6, 6.07) is 10.1. The van der Waals surface area contributed by atoms with E-state index in [0.717, 1.165) is 4.47 Å². The second-order valence-electron chi connectivity index (χ2n) is 6.54. The van der Waals surface area contributed by atoms with Gasteiger partial charge < -0.3 is 0 Å². The molecular weight excluding hydrogens is 399 g/mol. The minimum absolute atomic E-state index is 0.0505. The molecule has 5 nitrogen and oxygen atoms in total. The number of halogens is 2. The first kappa shape index (κ1) is 16.6. The van der Waals surface area contributed by atoms with E-state index in [0.29, 0.717) is 28.0 Å². The summed E-state index contributed by atoms with van der Waals surface area (Å²) in [5, 5.41) is 13.5. The minimum Gasteiger partial charge on any atom is -0.291 e. The van der Waals surface area contributed by atoms with Crippen molar-refractivity contribution in [3.63, 3.8) is 0 Å². The van der Waals surface area contributed by atoms with E-state index in [4.69, 9.17) is 0 Å². The van der Waals surface area contributed by atoms with Crippen LogP contribution in [0.1, 0.15) is 41.0 Å². The molecule has 4 rings (SSSR count). The molecule has 1 aromatic carbocycles. The zero-order valence-corrected chi connectivity index (χ0v) is 15.5. The van der Waals surface area contributed by atoms with E-state index >= 15 is 0 Å². The fourth-order valence-electron chi connectivity index (χ4n) is 3.12. The van der Waals surface area contributed by atoms with Gasteiger partial charge in [-0.1, -0.05) is 12.1 Å². The van der Waals surface area contributed by atoms with Crippen LogP contribution in [0.2, 0.25) is 0 Å². The van der Waals surface area contributed by atoms with Crippen molar-refractivity contribution in [3.05, 3.63) is 69.2 Å². The molecule has 26 heavy (non-hydrogen) atoms. The van der Waals surface area contributed by atoms with Crippen molar-refractivity contribution in [2.45, 2.75) is 19.4 Å². The van der Waals surface area contributed by atoms with Crippen LogP contribution in [0.3, 0.4) is 0 Å². The van der Waals surface area contributed by atoms with Crippen LogP contribution < -0.4 is 0 Å². The number of fused-ring (bicyclic) bond motifs is 2. The number of aliphatic imine (C=N–C) groups is 1. The Labute approximate surface area is 156 Å². The average molecular weight is 411 g/mol. The topological polar surface area (TPSA) is 70.5 Å². The molecule has 0 fully saturated rings. The highest BCUT2D eigenvalue weighted by Crippen LogP contribution is 2.32. The Hall–Kier alpha value is -2.85. The standard InChI is InChI=1S/C19H12BrFN4O/c1-19(2)18(26)16-12(4-3-5-14(16)21)17(24-19)10-6-15-13(20)7-11(8-22)25(15)23-9-10/h3-7,9H,1-2H3. The number of carbonyl (C=O) groups excluding carboxylic acids is 1. The van der Waals surface area contributed by atoms with Gasteiger partial charge in [0.2, 0.25) is 0 Å². The molecule has 1 aliphatic rings. The van der Waals surface area contributed by atoms with Crippen LogP contribution in [0.15, 0.2) is 46.0 Å². The SMILES string of the molecule is CC1(C)N=C(c2cnn3c(C#N)cc(Br)c3c2)c2cccc(F)c2C1=O. The predicted octanol–water partition coefficient (Wildman–Crippen LogP) is 3.92. The van der Waals surface area contributed by atoms with Crippen molar-refractivity contribution in [2.24, 2.45) is 4.99 Å². The average Bonchev–Trinajstić information content (AvgIpc) is 2.94. The van der Waals surface area contributed by atoms with Crippen molar-refractivity contribution in [2.75, 3.05) is 0 Å². The number of hydrogen-bond donors (Lipinski definition) is 0. The molecule has 1 aliphatic heterocycles. The highest BCUT2D eigenvalue weighted by atomic mass is 79.9. The Balaban J connectivity index is 2.00. The first-order chi connectivity index (χ1) is 12.3. The van der Waals surface area contributed by atoms with E-state index in [1.807, 2.05) is 6.07 Å². The normalized spacial score (nSPS) is 15.5. The second kappa shape index (κ2) is 5.58. The third-order valence-electron chi connectivity index (χ3n) is 4.40. The van der Waals surface area contributed by atoms with Crippen LogP contribution >= 0.6 is 15.9 Å². The lowest BCUT2D eigenvalue weighted by molar-refractivity contribution is 0.0908. The molecule has 0 saturated heterocycles. The lowest BCUT2D eigenvalue weighted by Gasteiger charge is -2.27. The first-order valence-corrected chi connectivity index (χ1v) is 8.64. The predicted molar refractivity (Wildman–Crippen MR) is 98.1 cm³/mol. The maximum Gasteiger partial charge on any atom is 0.193 e. The highest BCUT2D eigenvalue weighted by Gasteiger charge is 2.37. The van der Waals surface area contributed by atoms with Gasteiger partial charge in [-0.15, -0.1) is 0 Å². The van der Waals surface area contributed by atoms with E-state index in [1.165, 1.54) is 10.6 Å². The molecule has 0 atom stereocenters. The monoisotopic (exact) mass is 410 g/mol. The van der Waals surface area contributed by atoms with Crippen LogP contribution in [0, 0.1) is 17.1 Å². The van der Waals surface area contributed by atoms with Gasteiger partial charge in [0.05, 0.1) is 23.0 Å². The number of aromatic nitrogens is 2. The van der Waals surface area contributed by atoms with E-state index < -0.39 is 11.4 Å². The number of rotatable bonds is 1. The molecule has 0 unspecified atom stereocenters. The molecule has 3 aromatic rings. The van der Waals surface area contributed by atoms with Gasteiger partial charge >= 0.3 is 0 Å². The number of hydrogen-bond acceptors (Lipinski definition) is 4. The van der Waals surface area contributed by atoms with Crippen molar-refractivity contribution in [3.8, 4) is 6.07 Å². The first-order valence-electron chi connectivity index (χ1n) is 7.85. The van der Waals surface area contributed by atoms with E-state index in [2.05, 4.69) is 32.1 Å². The molecule has 2 aromatic heterocycles. The molecule has 0 N–H and O–H groups in total. The zero-order chi connectivity index (χ0) is 18.6. The van der Waals surface area contributed by atoms with E-state index in [1.54, 1.807) is 38.2 Å². The van der Waals surface area contributed by atoms with Gasteiger partial charge in [0.25, 0.3) is 0 Å². The summed E-state index contributed by atoms with van der Waals surface area (Å²) < 4.78 is 16.6.